The Balaban J connectivity index is 1.87. The second-order valence-corrected chi connectivity index (χ2v) is 5.82. The van der Waals surface area contributed by atoms with Crippen molar-refractivity contribution in [2.24, 2.45) is 0 Å². The molecule has 3 rings (SSSR count). The average molecular weight is 289 g/mol. The smallest absolute Gasteiger partial charge is 0.244 e. The molecule has 0 aromatic heterocycles. The third kappa shape index (κ3) is 3.19. The first kappa shape index (κ1) is 14.4. The largest absolute Gasteiger partial charge is 0.508 e. The SMILES string of the molecule is O=C(C(c1cccc(O)c1)N1CCNCC1)N1CCCC1. The number of amides is 1. The van der Waals surface area contributed by atoms with E-state index in [1.54, 1.807) is 12.1 Å². The number of phenols is 1. The highest BCUT2D eigenvalue weighted by Gasteiger charge is 2.33. The lowest BCUT2D eigenvalue weighted by Crippen LogP contribution is -2.49. The summed E-state index contributed by atoms with van der Waals surface area (Å²) in [6.45, 7) is 5.26. The quantitative estimate of drug-likeness (QED) is 0.870. The number of hydrogen-bond donors (Lipinski definition) is 2. The minimum atomic E-state index is -0.266. The number of phenolic OH excluding ortho intramolecular Hbond substituents is 1. The van der Waals surface area contributed by atoms with Gasteiger partial charge in [-0.2, -0.15) is 0 Å². The summed E-state index contributed by atoms with van der Waals surface area (Å²) in [5, 5.41) is 13.1. The van der Waals surface area contributed by atoms with Crippen LogP contribution < -0.4 is 5.32 Å². The van der Waals surface area contributed by atoms with E-state index in [4.69, 9.17) is 0 Å². The fourth-order valence-corrected chi connectivity index (χ4v) is 3.26. The standard InChI is InChI=1S/C16H23N3O2/c20-14-5-3-4-13(12-14)15(18-10-6-17-7-11-18)16(21)19-8-1-2-9-19/h3-5,12,15,17,20H,1-2,6-11H2. The Kier molecular flexibility index (Phi) is 4.41. The van der Waals surface area contributed by atoms with Gasteiger partial charge in [0.1, 0.15) is 11.8 Å². The first-order valence-corrected chi connectivity index (χ1v) is 7.78. The number of likely N-dealkylation sites (tertiary alicyclic amines) is 1. The van der Waals surface area contributed by atoms with Crippen LogP contribution in [0, 0.1) is 0 Å². The lowest BCUT2D eigenvalue weighted by Gasteiger charge is -2.36. The molecule has 2 saturated heterocycles. The van der Waals surface area contributed by atoms with Crippen molar-refractivity contribution in [1.82, 2.24) is 15.1 Å². The molecule has 1 unspecified atom stereocenters. The van der Waals surface area contributed by atoms with Crippen LogP contribution in [0.1, 0.15) is 24.4 Å². The molecular formula is C16H23N3O2. The molecule has 1 amide bonds. The molecule has 0 saturated carbocycles. The number of hydrogen-bond acceptors (Lipinski definition) is 4. The number of piperazine rings is 1. The van der Waals surface area contributed by atoms with Crippen molar-refractivity contribution in [2.75, 3.05) is 39.3 Å². The fourth-order valence-electron chi connectivity index (χ4n) is 3.26. The van der Waals surface area contributed by atoms with Crippen LogP contribution in [0.25, 0.3) is 0 Å². The predicted molar refractivity (Wildman–Crippen MR) is 81.1 cm³/mol. The number of nitrogens with zero attached hydrogens (tertiary/aromatic N) is 2. The Morgan fingerprint density at radius 1 is 1.14 bits per heavy atom. The molecule has 0 aliphatic carbocycles. The number of benzene rings is 1. The molecule has 1 aromatic rings. The first-order chi connectivity index (χ1) is 10.3. The van der Waals surface area contributed by atoms with E-state index in [0.29, 0.717) is 0 Å². The van der Waals surface area contributed by atoms with Gasteiger partial charge in [-0.3, -0.25) is 9.69 Å². The van der Waals surface area contributed by atoms with E-state index < -0.39 is 0 Å². The molecule has 0 bridgehead atoms. The van der Waals surface area contributed by atoms with Crippen molar-refractivity contribution in [3.63, 3.8) is 0 Å². The van der Waals surface area contributed by atoms with E-state index >= 15 is 0 Å². The maximum Gasteiger partial charge on any atom is 0.244 e. The second kappa shape index (κ2) is 6.45. The van der Waals surface area contributed by atoms with Gasteiger partial charge in [0.05, 0.1) is 0 Å². The highest BCUT2D eigenvalue weighted by Crippen LogP contribution is 2.27. The maximum atomic E-state index is 12.9. The van der Waals surface area contributed by atoms with E-state index in [1.807, 2.05) is 17.0 Å². The normalized spacial score (nSPS) is 21.4. The molecule has 2 N–H and O–H groups in total. The van der Waals surface area contributed by atoms with Gasteiger partial charge in [0.15, 0.2) is 0 Å². The minimum Gasteiger partial charge on any atom is -0.508 e. The lowest BCUT2D eigenvalue weighted by atomic mass is 10.0. The molecule has 0 spiro atoms. The number of nitrogens with one attached hydrogen (secondary N) is 1. The van der Waals surface area contributed by atoms with Gasteiger partial charge in [-0.05, 0) is 30.5 Å². The Labute approximate surface area is 125 Å². The van der Waals surface area contributed by atoms with E-state index in [2.05, 4.69) is 10.2 Å². The van der Waals surface area contributed by atoms with Gasteiger partial charge in [-0.25, -0.2) is 0 Å². The monoisotopic (exact) mass is 289 g/mol. The average Bonchev–Trinajstić information content (AvgIpc) is 3.03. The molecule has 2 heterocycles. The van der Waals surface area contributed by atoms with Crippen molar-refractivity contribution >= 4 is 5.91 Å². The molecule has 0 radical (unpaired) electrons. The summed E-state index contributed by atoms with van der Waals surface area (Å²) in [5.74, 6) is 0.404. The summed E-state index contributed by atoms with van der Waals surface area (Å²) in [7, 11) is 0. The highest BCUT2D eigenvalue weighted by molar-refractivity contribution is 5.83. The molecule has 5 nitrogen and oxygen atoms in total. The molecule has 114 valence electrons. The van der Waals surface area contributed by atoms with E-state index in [-0.39, 0.29) is 17.7 Å². The van der Waals surface area contributed by atoms with Crippen LogP contribution in [0.4, 0.5) is 0 Å². The van der Waals surface area contributed by atoms with Crippen LogP contribution in [0.2, 0.25) is 0 Å². The zero-order valence-electron chi connectivity index (χ0n) is 12.3. The van der Waals surface area contributed by atoms with Gasteiger partial charge in [0.2, 0.25) is 5.91 Å². The summed E-state index contributed by atoms with van der Waals surface area (Å²) < 4.78 is 0. The molecule has 2 fully saturated rings. The zero-order valence-corrected chi connectivity index (χ0v) is 12.3. The van der Waals surface area contributed by atoms with Crippen LogP contribution in [0.3, 0.4) is 0 Å². The van der Waals surface area contributed by atoms with Crippen LogP contribution >= 0.6 is 0 Å². The number of rotatable bonds is 3. The first-order valence-electron chi connectivity index (χ1n) is 7.78. The van der Waals surface area contributed by atoms with Crippen LogP contribution in [0.15, 0.2) is 24.3 Å². The summed E-state index contributed by atoms with van der Waals surface area (Å²) >= 11 is 0. The van der Waals surface area contributed by atoms with Gasteiger partial charge >= 0.3 is 0 Å². The predicted octanol–water partition coefficient (Wildman–Crippen LogP) is 0.961. The Morgan fingerprint density at radius 3 is 2.52 bits per heavy atom. The Hall–Kier alpha value is -1.59. The molecule has 2 aliphatic heterocycles. The topological polar surface area (TPSA) is 55.8 Å². The summed E-state index contributed by atoms with van der Waals surface area (Å²) in [5.41, 5.74) is 0.897. The third-order valence-electron chi connectivity index (χ3n) is 4.35. The molecule has 1 aromatic carbocycles. The summed E-state index contributed by atoms with van der Waals surface area (Å²) in [6, 6.07) is 6.87. The molecule has 2 aliphatic rings. The highest BCUT2D eigenvalue weighted by atomic mass is 16.3. The number of carbonyl (C=O) groups excluding carboxylic acids is 1. The summed E-state index contributed by atoms with van der Waals surface area (Å²) in [6.07, 6.45) is 2.19. The second-order valence-electron chi connectivity index (χ2n) is 5.82. The van der Waals surface area contributed by atoms with E-state index in [9.17, 15) is 9.90 Å². The van der Waals surface area contributed by atoms with Crippen LogP contribution in [0.5, 0.6) is 5.75 Å². The van der Waals surface area contributed by atoms with Crippen molar-refractivity contribution < 1.29 is 9.90 Å². The van der Waals surface area contributed by atoms with E-state index in [0.717, 1.165) is 57.7 Å². The summed E-state index contributed by atoms with van der Waals surface area (Å²) in [4.78, 5) is 17.1. The van der Waals surface area contributed by atoms with Gasteiger partial charge in [0.25, 0.3) is 0 Å². The Morgan fingerprint density at radius 2 is 1.86 bits per heavy atom. The van der Waals surface area contributed by atoms with E-state index in [1.165, 1.54) is 0 Å². The number of carbonyl (C=O) groups is 1. The van der Waals surface area contributed by atoms with Crippen LogP contribution in [-0.4, -0.2) is 60.1 Å². The van der Waals surface area contributed by atoms with Crippen molar-refractivity contribution in [1.29, 1.82) is 0 Å². The third-order valence-corrected chi connectivity index (χ3v) is 4.35. The van der Waals surface area contributed by atoms with Gasteiger partial charge < -0.3 is 15.3 Å². The minimum absolute atomic E-state index is 0.181. The fraction of sp³-hybridized carbons (Fsp3) is 0.562. The maximum absolute atomic E-state index is 12.9. The molecule has 1 atom stereocenters. The molecule has 5 heteroatoms. The zero-order chi connectivity index (χ0) is 14.7. The van der Waals surface area contributed by atoms with Gasteiger partial charge in [0, 0.05) is 39.3 Å². The van der Waals surface area contributed by atoms with Crippen LogP contribution in [-0.2, 0) is 4.79 Å². The molecular weight excluding hydrogens is 266 g/mol. The van der Waals surface area contributed by atoms with Gasteiger partial charge in [-0.1, -0.05) is 12.1 Å². The van der Waals surface area contributed by atoms with Crippen molar-refractivity contribution in [2.45, 2.75) is 18.9 Å². The van der Waals surface area contributed by atoms with Gasteiger partial charge in [-0.15, -0.1) is 0 Å². The van der Waals surface area contributed by atoms with Crippen molar-refractivity contribution in [3.05, 3.63) is 29.8 Å². The molecule has 21 heavy (non-hydrogen) atoms. The van der Waals surface area contributed by atoms with Crippen molar-refractivity contribution in [3.8, 4) is 5.75 Å². The lowest BCUT2D eigenvalue weighted by molar-refractivity contribution is -0.136. The number of aromatic hydroxyl groups is 1. The Bertz CT molecular complexity index is 494.